The molecule has 2 N–H and O–H groups in total. The number of nitrogens with zero attached hydrogens (tertiary/aromatic N) is 3. The number of piperazine rings is 1. The Kier molecular flexibility index (Phi) is 4.95. The van der Waals surface area contributed by atoms with Crippen LogP contribution < -0.4 is 10.6 Å². The van der Waals surface area contributed by atoms with Gasteiger partial charge in [-0.05, 0) is 20.3 Å². The van der Waals surface area contributed by atoms with Crippen molar-refractivity contribution < 1.29 is 9.59 Å². The third kappa shape index (κ3) is 3.60. The second kappa shape index (κ2) is 6.71. The van der Waals surface area contributed by atoms with Gasteiger partial charge in [0.1, 0.15) is 5.82 Å². The van der Waals surface area contributed by atoms with Gasteiger partial charge in [0.05, 0.1) is 24.8 Å². The van der Waals surface area contributed by atoms with Crippen molar-refractivity contribution in [3.8, 4) is 0 Å². The first kappa shape index (κ1) is 15.5. The Morgan fingerprint density at radius 3 is 2.95 bits per heavy atom. The number of nitrogens with one attached hydrogen (secondary N) is 2. The lowest BCUT2D eigenvalue weighted by atomic mass is 10.2. The minimum Gasteiger partial charge on any atom is -0.354 e. The van der Waals surface area contributed by atoms with Crippen LogP contribution in [0.2, 0.25) is 0 Å². The fourth-order valence-electron chi connectivity index (χ4n) is 2.32. The molecule has 1 aliphatic rings. The van der Waals surface area contributed by atoms with Crippen LogP contribution in [0.5, 0.6) is 0 Å². The quantitative estimate of drug-likeness (QED) is 0.834. The fraction of sp³-hybridized carbons (Fsp3) is 0.643. The molecule has 1 aromatic heterocycles. The minimum atomic E-state index is -0.351. The molecular formula is C14H23N5O2. The highest BCUT2D eigenvalue weighted by Gasteiger charge is 2.26. The van der Waals surface area contributed by atoms with Crippen LogP contribution in [0.1, 0.15) is 33.2 Å². The van der Waals surface area contributed by atoms with Crippen LogP contribution in [0, 0.1) is 0 Å². The Balaban J connectivity index is 2.01. The number of rotatable bonds is 5. The first-order valence-corrected chi connectivity index (χ1v) is 7.38. The highest BCUT2D eigenvalue weighted by molar-refractivity contribution is 5.94. The lowest BCUT2D eigenvalue weighted by molar-refractivity contribution is -0.127. The molecule has 7 nitrogen and oxygen atoms in total. The summed E-state index contributed by atoms with van der Waals surface area (Å²) < 4.78 is 1.81. The standard InChI is InChI=1S/C14H23N5O2/c1-4-10(2)19-12(5-6-16-19)17-14(21)11(3)18-8-7-15-13(20)9-18/h5-6,10-11H,4,7-9H2,1-3H3,(H,15,20)(H,17,21)/t10-,11-/m1/s1. The number of carbonyl (C=O) groups is 2. The number of hydrogen-bond donors (Lipinski definition) is 2. The Hall–Kier alpha value is -1.89. The van der Waals surface area contributed by atoms with Crippen molar-refractivity contribution in [1.29, 1.82) is 0 Å². The van der Waals surface area contributed by atoms with E-state index in [0.717, 1.165) is 6.42 Å². The van der Waals surface area contributed by atoms with Crippen molar-refractivity contribution in [2.45, 2.75) is 39.3 Å². The Bertz CT molecular complexity index is 513. The molecule has 21 heavy (non-hydrogen) atoms. The van der Waals surface area contributed by atoms with Crippen LogP contribution in [0.4, 0.5) is 5.82 Å². The van der Waals surface area contributed by atoms with Gasteiger partial charge in [0.15, 0.2) is 0 Å². The summed E-state index contributed by atoms with van der Waals surface area (Å²) in [4.78, 5) is 25.6. The Morgan fingerprint density at radius 1 is 1.52 bits per heavy atom. The summed E-state index contributed by atoms with van der Waals surface area (Å²) in [5, 5.41) is 9.91. The van der Waals surface area contributed by atoms with Crippen molar-refractivity contribution in [1.82, 2.24) is 20.0 Å². The minimum absolute atomic E-state index is 0.0365. The molecule has 0 bridgehead atoms. The molecule has 7 heteroatoms. The van der Waals surface area contributed by atoms with Gasteiger partial charge in [0.25, 0.3) is 0 Å². The maximum absolute atomic E-state index is 12.4. The van der Waals surface area contributed by atoms with Gasteiger partial charge in [0, 0.05) is 19.2 Å². The molecule has 0 aromatic carbocycles. The van der Waals surface area contributed by atoms with E-state index in [1.165, 1.54) is 0 Å². The zero-order valence-corrected chi connectivity index (χ0v) is 12.8. The molecule has 2 amide bonds. The number of hydrogen-bond acceptors (Lipinski definition) is 4. The van der Waals surface area contributed by atoms with Crippen molar-refractivity contribution >= 4 is 17.6 Å². The van der Waals surface area contributed by atoms with Gasteiger partial charge in [-0.3, -0.25) is 14.5 Å². The average molecular weight is 293 g/mol. The van der Waals surface area contributed by atoms with Gasteiger partial charge in [-0.15, -0.1) is 0 Å². The van der Waals surface area contributed by atoms with Gasteiger partial charge >= 0.3 is 0 Å². The van der Waals surface area contributed by atoms with Crippen molar-refractivity contribution in [3.63, 3.8) is 0 Å². The molecule has 1 saturated heterocycles. The molecule has 2 atom stereocenters. The molecule has 0 saturated carbocycles. The van der Waals surface area contributed by atoms with E-state index in [0.29, 0.717) is 18.9 Å². The normalized spacial score (nSPS) is 18.9. The maximum Gasteiger partial charge on any atom is 0.242 e. The molecule has 0 spiro atoms. The predicted molar refractivity (Wildman–Crippen MR) is 79.9 cm³/mol. The number of amides is 2. The van der Waals surface area contributed by atoms with Crippen LogP contribution in [-0.4, -0.2) is 52.2 Å². The number of carbonyl (C=O) groups excluding carboxylic acids is 2. The SMILES string of the molecule is CC[C@@H](C)n1nccc1NC(=O)[C@@H](C)N1CCNC(=O)C1. The maximum atomic E-state index is 12.4. The summed E-state index contributed by atoms with van der Waals surface area (Å²) in [5.74, 6) is 0.544. The van der Waals surface area contributed by atoms with E-state index >= 15 is 0 Å². The van der Waals surface area contributed by atoms with Crippen LogP contribution >= 0.6 is 0 Å². The summed E-state index contributed by atoms with van der Waals surface area (Å²) in [6.07, 6.45) is 2.62. The monoisotopic (exact) mass is 293 g/mol. The molecular weight excluding hydrogens is 270 g/mol. The third-order valence-corrected chi connectivity index (χ3v) is 3.92. The molecule has 1 aromatic rings. The van der Waals surface area contributed by atoms with Crippen molar-refractivity contribution in [3.05, 3.63) is 12.3 Å². The second-order valence-electron chi connectivity index (χ2n) is 5.40. The van der Waals surface area contributed by atoms with Gasteiger partial charge in [0.2, 0.25) is 11.8 Å². The van der Waals surface area contributed by atoms with E-state index in [9.17, 15) is 9.59 Å². The van der Waals surface area contributed by atoms with Gasteiger partial charge in [-0.25, -0.2) is 4.68 Å². The van der Waals surface area contributed by atoms with Crippen LogP contribution in [0.25, 0.3) is 0 Å². The van der Waals surface area contributed by atoms with E-state index in [1.54, 1.807) is 12.3 Å². The summed E-state index contributed by atoms with van der Waals surface area (Å²) in [7, 11) is 0. The Labute approximate surface area is 124 Å². The van der Waals surface area contributed by atoms with Gasteiger partial charge < -0.3 is 10.6 Å². The van der Waals surface area contributed by atoms with E-state index in [2.05, 4.69) is 29.6 Å². The summed E-state index contributed by atoms with van der Waals surface area (Å²) in [6.45, 7) is 7.48. The van der Waals surface area contributed by atoms with Gasteiger partial charge in [-0.2, -0.15) is 5.10 Å². The highest BCUT2D eigenvalue weighted by Crippen LogP contribution is 2.17. The molecule has 1 aliphatic heterocycles. The highest BCUT2D eigenvalue weighted by atomic mass is 16.2. The first-order chi connectivity index (χ1) is 10.0. The first-order valence-electron chi connectivity index (χ1n) is 7.38. The average Bonchev–Trinajstić information content (AvgIpc) is 2.93. The summed E-state index contributed by atoms with van der Waals surface area (Å²) in [6, 6.07) is 1.67. The predicted octanol–water partition coefficient (Wildman–Crippen LogP) is 0.613. The molecule has 2 rings (SSSR count). The number of anilines is 1. The fourth-order valence-corrected chi connectivity index (χ4v) is 2.32. The van der Waals surface area contributed by atoms with Crippen molar-refractivity contribution in [2.75, 3.05) is 25.0 Å². The Morgan fingerprint density at radius 2 is 2.29 bits per heavy atom. The molecule has 2 heterocycles. The largest absolute Gasteiger partial charge is 0.354 e. The third-order valence-electron chi connectivity index (χ3n) is 3.92. The summed E-state index contributed by atoms with van der Waals surface area (Å²) in [5.41, 5.74) is 0. The van der Waals surface area contributed by atoms with E-state index < -0.39 is 0 Å². The smallest absolute Gasteiger partial charge is 0.242 e. The molecule has 0 radical (unpaired) electrons. The van der Waals surface area contributed by atoms with E-state index in [-0.39, 0.29) is 30.4 Å². The van der Waals surface area contributed by atoms with Crippen LogP contribution in [-0.2, 0) is 9.59 Å². The van der Waals surface area contributed by atoms with Crippen molar-refractivity contribution in [2.24, 2.45) is 0 Å². The molecule has 0 unspecified atom stereocenters. The topological polar surface area (TPSA) is 79.3 Å². The van der Waals surface area contributed by atoms with E-state index in [4.69, 9.17) is 0 Å². The number of aromatic nitrogens is 2. The lowest BCUT2D eigenvalue weighted by Gasteiger charge is -2.31. The van der Waals surface area contributed by atoms with Gasteiger partial charge in [-0.1, -0.05) is 6.92 Å². The van der Waals surface area contributed by atoms with Crippen LogP contribution in [0.3, 0.4) is 0 Å². The second-order valence-corrected chi connectivity index (χ2v) is 5.40. The van der Waals surface area contributed by atoms with Crippen LogP contribution in [0.15, 0.2) is 12.3 Å². The molecule has 0 aliphatic carbocycles. The van der Waals surface area contributed by atoms with E-state index in [1.807, 2.05) is 16.5 Å². The lowest BCUT2D eigenvalue weighted by Crippen LogP contribution is -2.53. The molecule has 116 valence electrons. The molecule has 1 fully saturated rings. The zero-order valence-electron chi connectivity index (χ0n) is 12.8. The zero-order chi connectivity index (χ0) is 15.4. The summed E-state index contributed by atoms with van der Waals surface area (Å²) >= 11 is 0.